The van der Waals surface area contributed by atoms with Gasteiger partial charge in [-0.3, -0.25) is 4.79 Å². The first kappa shape index (κ1) is 18.6. The quantitative estimate of drug-likeness (QED) is 0.840. The van der Waals surface area contributed by atoms with Crippen molar-refractivity contribution in [3.8, 4) is 11.5 Å². The van der Waals surface area contributed by atoms with Gasteiger partial charge in [-0.05, 0) is 43.7 Å². The Labute approximate surface area is 143 Å². The van der Waals surface area contributed by atoms with Crippen LogP contribution in [0.2, 0.25) is 0 Å². The van der Waals surface area contributed by atoms with Crippen LogP contribution in [-0.2, 0) is 4.79 Å². The third-order valence-electron chi connectivity index (χ3n) is 3.18. The molecule has 4 nitrogen and oxygen atoms in total. The summed E-state index contributed by atoms with van der Waals surface area (Å²) in [6.45, 7) is 2.10. The lowest BCUT2D eigenvalue weighted by molar-refractivity contribution is -0.153. The Bertz CT molecular complexity index is 732. The van der Waals surface area contributed by atoms with Crippen LogP contribution in [-0.4, -0.2) is 24.8 Å². The third kappa shape index (κ3) is 6.37. The monoisotopic (exact) mass is 353 g/mol. The summed E-state index contributed by atoms with van der Waals surface area (Å²) in [4.78, 5) is 12.2. The fourth-order valence-electron chi connectivity index (χ4n) is 2.02. The molecule has 1 unspecified atom stereocenters. The fraction of sp³-hybridized carbons (Fsp3) is 0.278. The Morgan fingerprint density at radius 1 is 1.12 bits per heavy atom. The molecule has 1 N–H and O–H groups in total. The summed E-state index contributed by atoms with van der Waals surface area (Å²) < 4.78 is 46.8. The van der Waals surface area contributed by atoms with E-state index < -0.39 is 24.8 Å². The van der Waals surface area contributed by atoms with Gasteiger partial charge in [0.1, 0.15) is 11.5 Å². The van der Waals surface area contributed by atoms with E-state index >= 15 is 0 Å². The number of nitrogens with one attached hydrogen (secondary N) is 1. The van der Waals surface area contributed by atoms with E-state index in [1.807, 2.05) is 19.1 Å². The van der Waals surface area contributed by atoms with Crippen molar-refractivity contribution in [3.05, 3.63) is 54.1 Å². The molecular weight excluding hydrogens is 335 g/mol. The minimum atomic E-state index is -4.42. The average molecular weight is 353 g/mol. The van der Waals surface area contributed by atoms with E-state index in [9.17, 15) is 18.0 Å². The van der Waals surface area contributed by atoms with Crippen LogP contribution in [0.3, 0.4) is 0 Å². The second-order valence-corrected chi connectivity index (χ2v) is 5.50. The number of ether oxygens (including phenoxy) is 2. The molecular formula is C18H18F3NO3. The van der Waals surface area contributed by atoms with Crippen molar-refractivity contribution in [3.63, 3.8) is 0 Å². The van der Waals surface area contributed by atoms with E-state index in [0.717, 1.165) is 5.56 Å². The lowest BCUT2D eigenvalue weighted by atomic mass is 10.2. The molecule has 2 aromatic rings. The number of benzene rings is 2. The SMILES string of the molecule is Cc1cccc(OC(C)C(=O)Nc2cccc(OCC(F)(F)F)c2)c1. The number of rotatable bonds is 6. The molecule has 0 saturated carbocycles. The molecule has 0 aliphatic heterocycles. The highest BCUT2D eigenvalue weighted by atomic mass is 19.4. The van der Waals surface area contributed by atoms with Crippen LogP contribution >= 0.6 is 0 Å². The first-order valence-electron chi connectivity index (χ1n) is 7.57. The molecule has 0 aliphatic carbocycles. The second-order valence-electron chi connectivity index (χ2n) is 5.50. The van der Waals surface area contributed by atoms with Crippen molar-refractivity contribution in [1.82, 2.24) is 0 Å². The molecule has 0 radical (unpaired) electrons. The molecule has 134 valence electrons. The topological polar surface area (TPSA) is 47.6 Å². The predicted molar refractivity (Wildman–Crippen MR) is 87.9 cm³/mol. The molecule has 2 aromatic carbocycles. The summed E-state index contributed by atoms with van der Waals surface area (Å²) >= 11 is 0. The van der Waals surface area contributed by atoms with Gasteiger partial charge in [0.25, 0.3) is 5.91 Å². The lowest BCUT2D eigenvalue weighted by Crippen LogP contribution is -2.30. The van der Waals surface area contributed by atoms with Crippen LogP contribution in [0.1, 0.15) is 12.5 Å². The summed E-state index contributed by atoms with van der Waals surface area (Å²) in [5.74, 6) is 0.154. The molecule has 0 bridgehead atoms. The van der Waals surface area contributed by atoms with Crippen molar-refractivity contribution >= 4 is 11.6 Å². The number of amides is 1. The highest BCUT2D eigenvalue weighted by Crippen LogP contribution is 2.22. The molecule has 2 rings (SSSR count). The van der Waals surface area contributed by atoms with Crippen LogP contribution < -0.4 is 14.8 Å². The Kier molecular flexibility index (Phi) is 5.90. The van der Waals surface area contributed by atoms with Crippen LogP contribution in [0.25, 0.3) is 0 Å². The van der Waals surface area contributed by atoms with E-state index in [4.69, 9.17) is 4.74 Å². The minimum absolute atomic E-state index is 0.0161. The zero-order valence-electron chi connectivity index (χ0n) is 13.8. The molecule has 0 spiro atoms. The number of aryl methyl sites for hydroxylation is 1. The van der Waals surface area contributed by atoms with Gasteiger partial charge in [-0.25, -0.2) is 0 Å². The van der Waals surface area contributed by atoms with Crippen LogP contribution in [0.5, 0.6) is 11.5 Å². The van der Waals surface area contributed by atoms with Crippen LogP contribution in [0.4, 0.5) is 18.9 Å². The van der Waals surface area contributed by atoms with E-state index in [-0.39, 0.29) is 5.75 Å². The van der Waals surface area contributed by atoms with Gasteiger partial charge in [0.2, 0.25) is 0 Å². The molecule has 0 aromatic heterocycles. The van der Waals surface area contributed by atoms with Gasteiger partial charge in [0.15, 0.2) is 12.7 Å². The smallest absolute Gasteiger partial charge is 0.422 e. The van der Waals surface area contributed by atoms with Gasteiger partial charge in [-0.1, -0.05) is 18.2 Å². The normalized spacial score (nSPS) is 12.4. The summed E-state index contributed by atoms with van der Waals surface area (Å²) in [7, 11) is 0. The Balaban J connectivity index is 1.95. The average Bonchev–Trinajstić information content (AvgIpc) is 2.52. The van der Waals surface area contributed by atoms with E-state index in [1.165, 1.54) is 18.2 Å². The predicted octanol–water partition coefficient (Wildman–Crippen LogP) is 4.34. The Morgan fingerprint density at radius 2 is 1.80 bits per heavy atom. The van der Waals surface area contributed by atoms with Gasteiger partial charge in [0.05, 0.1) is 0 Å². The number of carbonyl (C=O) groups excluding carboxylic acids is 1. The first-order chi connectivity index (χ1) is 11.7. The molecule has 1 atom stereocenters. The van der Waals surface area contributed by atoms with Crippen LogP contribution in [0, 0.1) is 6.92 Å². The van der Waals surface area contributed by atoms with Crippen molar-refractivity contribution in [2.45, 2.75) is 26.1 Å². The largest absolute Gasteiger partial charge is 0.484 e. The Hall–Kier alpha value is -2.70. The van der Waals surface area contributed by atoms with Crippen LogP contribution in [0.15, 0.2) is 48.5 Å². The maximum Gasteiger partial charge on any atom is 0.422 e. The summed E-state index contributed by atoms with van der Waals surface area (Å²) in [6.07, 6.45) is -5.20. The van der Waals surface area contributed by atoms with E-state index in [2.05, 4.69) is 10.1 Å². The standard InChI is InChI=1S/C18H18F3NO3/c1-12-5-3-8-16(9-12)25-13(2)17(23)22-14-6-4-7-15(10-14)24-11-18(19,20)21/h3-10,13H,11H2,1-2H3,(H,22,23). The highest BCUT2D eigenvalue weighted by molar-refractivity contribution is 5.94. The zero-order valence-corrected chi connectivity index (χ0v) is 13.8. The molecule has 0 heterocycles. The number of anilines is 1. The van der Waals surface area contributed by atoms with Gasteiger partial charge in [-0.15, -0.1) is 0 Å². The van der Waals surface area contributed by atoms with Crippen molar-refractivity contribution in [2.24, 2.45) is 0 Å². The molecule has 25 heavy (non-hydrogen) atoms. The van der Waals surface area contributed by atoms with E-state index in [0.29, 0.717) is 11.4 Å². The molecule has 7 heteroatoms. The minimum Gasteiger partial charge on any atom is -0.484 e. The number of hydrogen-bond donors (Lipinski definition) is 1. The maximum absolute atomic E-state index is 12.2. The zero-order chi connectivity index (χ0) is 18.4. The first-order valence-corrected chi connectivity index (χ1v) is 7.57. The number of alkyl halides is 3. The highest BCUT2D eigenvalue weighted by Gasteiger charge is 2.28. The summed E-state index contributed by atoms with van der Waals surface area (Å²) in [6, 6.07) is 13.0. The molecule has 0 saturated heterocycles. The fourth-order valence-corrected chi connectivity index (χ4v) is 2.02. The number of hydrogen-bond acceptors (Lipinski definition) is 3. The maximum atomic E-state index is 12.2. The van der Waals surface area contributed by atoms with Crippen molar-refractivity contribution in [1.29, 1.82) is 0 Å². The summed E-state index contributed by atoms with van der Waals surface area (Å²) in [5.41, 5.74) is 1.32. The number of halogens is 3. The lowest BCUT2D eigenvalue weighted by Gasteiger charge is -2.16. The Morgan fingerprint density at radius 3 is 2.48 bits per heavy atom. The van der Waals surface area contributed by atoms with Gasteiger partial charge in [-0.2, -0.15) is 13.2 Å². The number of carbonyl (C=O) groups is 1. The van der Waals surface area contributed by atoms with Crippen molar-refractivity contribution < 1.29 is 27.4 Å². The van der Waals surface area contributed by atoms with Crippen molar-refractivity contribution in [2.75, 3.05) is 11.9 Å². The third-order valence-corrected chi connectivity index (χ3v) is 3.18. The summed E-state index contributed by atoms with van der Waals surface area (Å²) in [5, 5.41) is 2.59. The van der Waals surface area contributed by atoms with Gasteiger partial charge < -0.3 is 14.8 Å². The molecule has 0 aliphatic rings. The molecule has 0 fully saturated rings. The van der Waals surface area contributed by atoms with E-state index in [1.54, 1.807) is 25.1 Å². The second kappa shape index (κ2) is 7.92. The van der Waals surface area contributed by atoms with Gasteiger partial charge >= 0.3 is 6.18 Å². The van der Waals surface area contributed by atoms with Gasteiger partial charge in [0, 0.05) is 11.8 Å². The molecule has 1 amide bonds.